The number of urea groups is 1. The van der Waals surface area contributed by atoms with Gasteiger partial charge in [-0.15, -0.1) is 0 Å². The molecule has 1 atom stereocenters. The van der Waals surface area contributed by atoms with Crippen LogP contribution >= 0.6 is 0 Å². The molecule has 0 spiro atoms. The molecule has 2 saturated heterocycles. The van der Waals surface area contributed by atoms with Gasteiger partial charge in [0, 0.05) is 33.2 Å². The zero-order chi connectivity index (χ0) is 23.9. The molecule has 0 radical (unpaired) electrons. The molecule has 2 N–H and O–H groups in total. The molecule has 182 valence electrons. The quantitative estimate of drug-likeness (QED) is 0.541. The molecule has 2 aliphatic rings. The van der Waals surface area contributed by atoms with E-state index in [4.69, 9.17) is 9.97 Å². The number of aromatic nitrogens is 7. The summed E-state index contributed by atoms with van der Waals surface area (Å²) in [6.45, 7) is 9.72. The monoisotopic (exact) mass is 467 g/mol. The second-order valence-corrected chi connectivity index (χ2v) is 10.1. The molecule has 0 bridgehead atoms. The van der Waals surface area contributed by atoms with Crippen molar-refractivity contribution in [3.63, 3.8) is 0 Å². The molecule has 0 saturated carbocycles. The highest BCUT2D eigenvalue weighted by Crippen LogP contribution is 2.28. The van der Waals surface area contributed by atoms with Gasteiger partial charge in [0.1, 0.15) is 18.0 Å². The van der Waals surface area contributed by atoms with Crippen LogP contribution < -0.4 is 10.2 Å². The Bertz CT molecular complexity index is 1150. The van der Waals surface area contributed by atoms with Gasteiger partial charge in [-0.05, 0) is 40.0 Å². The van der Waals surface area contributed by atoms with Crippen LogP contribution in [-0.2, 0) is 12.1 Å². The summed E-state index contributed by atoms with van der Waals surface area (Å²) < 4.78 is 1.92. The van der Waals surface area contributed by atoms with Crippen LogP contribution in [0.2, 0.25) is 0 Å². The van der Waals surface area contributed by atoms with E-state index in [-0.39, 0.29) is 11.6 Å². The van der Waals surface area contributed by atoms with Gasteiger partial charge in [-0.2, -0.15) is 20.2 Å². The molecule has 5 rings (SSSR count). The van der Waals surface area contributed by atoms with E-state index in [1.54, 1.807) is 0 Å². The van der Waals surface area contributed by atoms with Crippen molar-refractivity contribution in [1.82, 2.24) is 44.7 Å². The molecule has 3 aromatic heterocycles. The lowest BCUT2D eigenvalue weighted by molar-refractivity contribution is 0.176. The van der Waals surface area contributed by atoms with Gasteiger partial charge < -0.3 is 20.0 Å². The van der Waals surface area contributed by atoms with Crippen LogP contribution in [0.4, 0.5) is 16.6 Å². The summed E-state index contributed by atoms with van der Waals surface area (Å²) in [5.41, 5.74) is 0.528. The fourth-order valence-corrected chi connectivity index (χ4v) is 4.75. The number of rotatable bonds is 7. The molecule has 5 heterocycles. The molecule has 2 amide bonds. The van der Waals surface area contributed by atoms with Crippen molar-refractivity contribution in [2.75, 3.05) is 43.4 Å². The Labute approximate surface area is 198 Å². The average Bonchev–Trinajstić information content (AvgIpc) is 3.53. The van der Waals surface area contributed by atoms with Crippen LogP contribution in [0.5, 0.6) is 0 Å². The second-order valence-electron chi connectivity index (χ2n) is 10.1. The van der Waals surface area contributed by atoms with Crippen molar-refractivity contribution in [1.29, 1.82) is 0 Å². The summed E-state index contributed by atoms with van der Waals surface area (Å²) in [7, 11) is 1.92. The number of piperidine rings is 1. The van der Waals surface area contributed by atoms with E-state index >= 15 is 0 Å². The highest BCUT2D eigenvalue weighted by molar-refractivity contribution is 5.87. The largest absolute Gasteiger partial charge is 0.368 e. The van der Waals surface area contributed by atoms with Gasteiger partial charge in [-0.3, -0.25) is 5.10 Å². The zero-order valence-corrected chi connectivity index (χ0v) is 20.3. The molecular formula is C22H33N11O. The van der Waals surface area contributed by atoms with Crippen molar-refractivity contribution in [2.24, 2.45) is 0 Å². The Balaban J connectivity index is 1.37. The maximum atomic E-state index is 12.8. The third-order valence-electron chi connectivity index (χ3n) is 6.49. The number of hydrogen-bond acceptors (Lipinski definition) is 8. The predicted octanol–water partition coefficient (Wildman–Crippen LogP) is 2.04. The van der Waals surface area contributed by atoms with Crippen molar-refractivity contribution >= 4 is 28.8 Å². The van der Waals surface area contributed by atoms with Gasteiger partial charge in [0.25, 0.3) is 0 Å². The number of nitrogens with one attached hydrogen (secondary N) is 2. The lowest BCUT2D eigenvalue weighted by Crippen LogP contribution is -2.39. The van der Waals surface area contributed by atoms with Crippen LogP contribution in [0.1, 0.15) is 45.9 Å². The highest BCUT2D eigenvalue weighted by Gasteiger charge is 2.37. The van der Waals surface area contributed by atoms with Gasteiger partial charge >= 0.3 is 6.03 Å². The van der Waals surface area contributed by atoms with Crippen LogP contribution in [0, 0.1) is 0 Å². The number of amides is 2. The lowest BCUT2D eigenvalue weighted by atomic mass is 10.0. The highest BCUT2D eigenvalue weighted by atomic mass is 16.2. The van der Waals surface area contributed by atoms with Crippen LogP contribution in [-0.4, -0.2) is 90.0 Å². The lowest BCUT2D eigenvalue weighted by Gasteiger charge is -2.27. The molecule has 12 heteroatoms. The Morgan fingerprint density at radius 2 is 2.12 bits per heavy atom. The molecular weight excluding hydrogens is 434 g/mol. The molecule has 3 aromatic rings. The van der Waals surface area contributed by atoms with E-state index < -0.39 is 0 Å². The van der Waals surface area contributed by atoms with Crippen LogP contribution in [0.25, 0.3) is 11.0 Å². The van der Waals surface area contributed by atoms with E-state index in [1.165, 1.54) is 12.7 Å². The van der Waals surface area contributed by atoms with E-state index in [2.05, 4.69) is 46.4 Å². The molecule has 12 nitrogen and oxygen atoms in total. The molecule has 1 unspecified atom stereocenters. The van der Waals surface area contributed by atoms with E-state index in [9.17, 15) is 4.79 Å². The number of hydrogen-bond donors (Lipinski definition) is 2. The van der Waals surface area contributed by atoms with Crippen LogP contribution in [0.15, 0.2) is 12.5 Å². The first-order valence-corrected chi connectivity index (χ1v) is 11.9. The molecule has 34 heavy (non-hydrogen) atoms. The summed E-state index contributed by atoms with van der Waals surface area (Å²) in [6.07, 6.45) is 6.72. The summed E-state index contributed by atoms with van der Waals surface area (Å²) in [6, 6.07) is 0.528. The smallest absolute Gasteiger partial charge is 0.320 e. The summed E-state index contributed by atoms with van der Waals surface area (Å²) in [4.78, 5) is 32.5. The number of H-pyrrole nitrogens is 1. The van der Waals surface area contributed by atoms with Gasteiger partial charge in [0.05, 0.1) is 29.7 Å². The van der Waals surface area contributed by atoms with E-state index in [0.717, 1.165) is 42.8 Å². The topological polar surface area (TPSA) is 124 Å². The first-order chi connectivity index (χ1) is 16.3. The summed E-state index contributed by atoms with van der Waals surface area (Å²) in [5.74, 6) is 2.00. The van der Waals surface area contributed by atoms with E-state index in [0.29, 0.717) is 37.4 Å². The maximum Gasteiger partial charge on any atom is 0.320 e. The first kappa shape index (κ1) is 22.4. The minimum absolute atomic E-state index is 0.160. The minimum Gasteiger partial charge on any atom is -0.368 e. The standard InChI is InChI=1S/C22H33N11O/c1-22(2,3)33-19-16(11-26-33)18(27-20(28-19)30(4)13-17-24-14-25-29-17)23-8-10-31-12-15-7-5-6-9-32(15)21(31)34/h11,14-15H,5-10,12-13H2,1-4H3,(H,23,27,28)(H,24,25,29). The Morgan fingerprint density at radius 3 is 2.85 bits per heavy atom. The van der Waals surface area contributed by atoms with Gasteiger partial charge in [-0.25, -0.2) is 14.5 Å². The maximum absolute atomic E-state index is 12.8. The average molecular weight is 468 g/mol. The third-order valence-corrected chi connectivity index (χ3v) is 6.49. The summed E-state index contributed by atoms with van der Waals surface area (Å²) in [5, 5.41) is 15.7. The van der Waals surface area contributed by atoms with E-state index in [1.807, 2.05) is 32.6 Å². The van der Waals surface area contributed by atoms with Crippen molar-refractivity contribution < 1.29 is 4.79 Å². The molecule has 2 fully saturated rings. The Hall–Kier alpha value is -3.44. The number of anilines is 2. The van der Waals surface area contributed by atoms with Crippen molar-refractivity contribution in [3.05, 3.63) is 18.3 Å². The van der Waals surface area contributed by atoms with Gasteiger partial charge in [0.15, 0.2) is 5.65 Å². The second kappa shape index (κ2) is 8.73. The third kappa shape index (κ3) is 4.24. The van der Waals surface area contributed by atoms with Crippen molar-refractivity contribution in [3.8, 4) is 0 Å². The normalized spacial score (nSPS) is 18.6. The molecule has 0 aromatic carbocycles. The Morgan fingerprint density at radius 1 is 1.26 bits per heavy atom. The number of carbonyl (C=O) groups excluding carboxylic acids is 1. The molecule has 0 aliphatic carbocycles. The number of aromatic amines is 1. The fourth-order valence-electron chi connectivity index (χ4n) is 4.75. The summed E-state index contributed by atoms with van der Waals surface area (Å²) >= 11 is 0. The fraction of sp³-hybridized carbons (Fsp3) is 0.636. The minimum atomic E-state index is -0.235. The van der Waals surface area contributed by atoms with Gasteiger partial charge in [0.2, 0.25) is 5.95 Å². The Kier molecular flexibility index (Phi) is 5.74. The predicted molar refractivity (Wildman–Crippen MR) is 129 cm³/mol. The molecule has 2 aliphatic heterocycles. The zero-order valence-electron chi connectivity index (χ0n) is 20.3. The number of fused-ring (bicyclic) bond motifs is 2. The van der Waals surface area contributed by atoms with Crippen molar-refractivity contribution in [2.45, 2.75) is 58.2 Å². The van der Waals surface area contributed by atoms with Crippen LogP contribution in [0.3, 0.4) is 0 Å². The van der Waals surface area contributed by atoms with Gasteiger partial charge in [-0.1, -0.05) is 0 Å². The first-order valence-electron chi connectivity index (χ1n) is 11.9. The number of carbonyl (C=O) groups is 1. The number of nitrogens with zero attached hydrogens (tertiary/aromatic N) is 9. The SMILES string of the molecule is CN(Cc1ncn[nH]1)c1nc(NCCN2CC3CCCCN3C2=O)c2cnn(C(C)(C)C)c2n1.